The lowest BCUT2D eigenvalue weighted by molar-refractivity contribution is -0.134. The van der Waals surface area contributed by atoms with Gasteiger partial charge >= 0.3 is 0 Å². The van der Waals surface area contributed by atoms with Crippen molar-refractivity contribution in [1.82, 2.24) is 15.1 Å². The van der Waals surface area contributed by atoms with Crippen LogP contribution in [0.25, 0.3) is 11.5 Å². The quantitative estimate of drug-likeness (QED) is 0.645. The topological polar surface area (TPSA) is 59.2 Å². The van der Waals surface area contributed by atoms with Crippen molar-refractivity contribution in [3.63, 3.8) is 0 Å². The molecule has 0 radical (unpaired) electrons. The summed E-state index contributed by atoms with van der Waals surface area (Å²) in [5.74, 6) is 1.23. The van der Waals surface area contributed by atoms with Gasteiger partial charge in [0, 0.05) is 24.4 Å². The number of hydrogen-bond acceptors (Lipinski definition) is 4. The summed E-state index contributed by atoms with van der Waals surface area (Å²) >= 11 is 0. The van der Waals surface area contributed by atoms with Gasteiger partial charge in [-0.15, -0.1) is 10.2 Å². The molecule has 2 aliphatic carbocycles. The first-order valence-corrected chi connectivity index (χ1v) is 10.1. The number of nitrogens with zero attached hydrogens (tertiary/aromatic N) is 3. The van der Waals surface area contributed by atoms with Crippen LogP contribution in [-0.2, 0) is 17.6 Å². The van der Waals surface area contributed by atoms with E-state index in [4.69, 9.17) is 4.42 Å². The highest BCUT2D eigenvalue weighted by Gasteiger charge is 2.40. The van der Waals surface area contributed by atoms with Crippen LogP contribution in [0.5, 0.6) is 0 Å². The first kappa shape index (κ1) is 17.2. The molecule has 1 fully saturated rings. The molecule has 3 aromatic rings. The summed E-state index contributed by atoms with van der Waals surface area (Å²) < 4.78 is 5.76. The highest BCUT2D eigenvalue weighted by Crippen LogP contribution is 2.42. The summed E-state index contributed by atoms with van der Waals surface area (Å²) in [6, 6.07) is 18.9. The number of fused-ring (bicyclic) bond motifs is 1. The van der Waals surface area contributed by atoms with Gasteiger partial charge < -0.3 is 9.32 Å². The van der Waals surface area contributed by atoms with Gasteiger partial charge in [-0.2, -0.15) is 0 Å². The van der Waals surface area contributed by atoms with Crippen LogP contribution >= 0.6 is 0 Å². The van der Waals surface area contributed by atoms with Crippen LogP contribution in [0.1, 0.15) is 48.7 Å². The number of amides is 1. The molecule has 1 atom stereocenters. The average molecular weight is 373 g/mol. The van der Waals surface area contributed by atoms with Gasteiger partial charge in [-0.05, 0) is 48.9 Å². The predicted molar refractivity (Wildman–Crippen MR) is 105 cm³/mol. The molecule has 0 N–H and O–H groups in total. The fraction of sp³-hybridized carbons (Fsp3) is 0.348. The van der Waals surface area contributed by atoms with Crippen LogP contribution < -0.4 is 0 Å². The summed E-state index contributed by atoms with van der Waals surface area (Å²) in [6.07, 6.45) is 5.20. The Hall–Kier alpha value is -2.95. The van der Waals surface area contributed by atoms with E-state index in [1.807, 2.05) is 30.3 Å². The Balaban J connectivity index is 1.28. The van der Waals surface area contributed by atoms with E-state index in [-0.39, 0.29) is 11.9 Å². The molecule has 2 aliphatic rings. The molecule has 2 aromatic carbocycles. The number of carbonyl (C=O) groups is 1. The van der Waals surface area contributed by atoms with E-state index >= 15 is 0 Å². The first-order chi connectivity index (χ1) is 13.8. The highest BCUT2D eigenvalue weighted by molar-refractivity contribution is 5.78. The lowest BCUT2D eigenvalue weighted by Gasteiger charge is -2.30. The molecule has 5 heteroatoms. The second-order valence-corrected chi connectivity index (χ2v) is 7.65. The SMILES string of the molecule is O=C(CCc1nnc(-c2ccccc2)o1)N(C1CC1)C1CCc2ccccc21. The zero-order valence-corrected chi connectivity index (χ0v) is 15.8. The fourth-order valence-corrected chi connectivity index (χ4v) is 4.20. The van der Waals surface area contributed by atoms with Gasteiger partial charge in [-0.3, -0.25) is 4.79 Å². The molecule has 5 nitrogen and oxygen atoms in total. The molecule has 28 heavy (non-hydrogen) atoms. The molecule has 1 amide bonds. The molecule has 1 unspecified atom stereocenters. The monoisotopic (exact) mass is 373 g/mol. The van der Waals surface area contributed by atoms with Crippen LogP contribution in [0.2, 0.25) is 0 Å². The average Bonchev–Trinajstić information content (AvgIpc) is 3.30. The van der Waals surface area contributed by atoms with Crippen molar-refractivity contribution in [2.75, 3.05) is 0 Å². The van der Waals surface area contributed by atoms with Gasteiger partial charge in [0.15, 0.2) is 0 Å². The lowest BCUT2D eigenvalue weighted by Crippen LogP contribution is -2.36. The van der Waals surface area contributed by atoms with E-state index in [0.29, 0.717) is 30.7 Å². The predicted octanol–water partition coefficient (Wildman–Crippen LogP) is 4.35. The number of aryl methyl sites for hydroxylation is 2. The molecule has 0 aliphatic heterocycles. The third kappa shape index (κ3) is 3.33. The Kier molecular flexibility index (Phi) is 4.43. The fourth-order valence-electron chi connectivity index (χ4n) is 4.20. The molecule has 0 spiro atoms. The number of hydrogen-bond donors (Lipinski definition) is 0. The maximum absolute atomic E-state index is 13.1. The summed E-state index contributed by atoms with van der Waals surface area (Å²) in [5.41, 5.74) is 3.61. The van der Waals surface area contributed by atoms with Crippen LogP contribution in [0.3, 0.4) is 0 Å². The summed E-state index contributed by atoms with van der Waals surface area (Å²) in [5, 5.41) is 8.25. The largest absolute Gasteiger partial charge is 0.421 e. The molecular weight excluding hydrogens is 350 g/mol. The van der Waals surface area contributed by atoms with E-state index in [0.717, 1.165) is 31.2 Å². The van der Waals surface area contributed by atoms with E-state index in [2.05, 4.69) is 39.4 Å². The number of benzene rings is 2. The molecule has 0 saturated heterocycles. The van der Waals surface area contributed by atoms with Crippen LogP contribution in [0, 0.1) is 0 Å². The molecule has 142 valence electrons. The van der Waals surface area contributed by atoms with Crippen molar-refractivity contribution in [1.29, 1.82) is 0 Å². The lowest BCUT2D eigenvalue weighted by atomic mass is 10.1. The molecule has 0 bridgehead atoms. The van der Waals surface area contributed by atoms with Gasteiger partial charge in [0.2, 0.25) is 17.7 Å². The van der Waals surface area contributed by atoms with E-state index in [9.17, 15) is 4.79 Å². The highest BCUT2D eigenvalue weighted by atomic mass is 16.4. The molecule has 1 aromatic heterocycles. The maximum Gasteiger partial charge on any atom is 0.247 e. The summed E-state index contributed by atoms with van der Waals surface area (Å²) in [4.78, 5) is 15.2. The van der Waals surface area contributed by atoms with Crippen LogP contribution in [0.4, 0.5) is 0 Å². The Morgan fingerprint density at radius 2 is 1.79 bits per heavy atom. The van der Waals surface area contributed by atoms with Gasteiger partial charge in [0.25, 0.3) is 0 Å². The van der Waals surface area contributed by atoms with Crippen molar-refractivity contribution in [2.45, 2.75) is 50.6 Å². The zero-order chi connectivity index (χ0) is 18.9. The normalized spacial score (nSPS) is 18.1. The second-order valence-electron chi connectivity index (χ2n) is 7.65. The maximum atomic E-state index is 13.1. The Bertz CT molecular complexity index is 978. The van der Waals surface area contributed by atoms with Crippen LogP contribution in [0.15, 0.2) is 59.0 Å². The van der Waals surface area contributed by atoms with Gasteiger partial charge in [-0.25, -0.2) is 0 Å². The van der Waals surface area contributed by atoms with Crippen LogP contribution in [-0.4, -0.2) is 27.0 Å². The van der Waals surface area contributed by atoms with E-state index in [1.54, 1.807) is 0 Å². The number of aromatic nitrogens is 2. The first-order valence-electron chi connectivity index (χ1n) is 10.1. The third-order valence-corrected chi connectivity index (χ3v) is 5.71. The van der Waals surface area contributed by atoms with Crippen molar-refractivity contribution >= 4 is 5.91 Å². The smallest absolute Gasteiger partial charge is 0.247 e. The molecular formula is C23H23N3O2. The standard InChI is InChI=1S/C23H23N3O2/c27-22(15-14-21-24-25-23(28-21)17-7-2-1-3-8-17)26(18-11-12-18)20-13-10-16-6-4-5-9-19(16)20/h1-9,18,20H,10-15H2. The Morgan fingerprint density at radius 3 is 2.61 bits per heavy atom. The van der Waals surface area contributed by atoms with E-state index in [1.165, 1.54) is 11.1 Å². The molecule has 5 rings (SSSR count). The van der Waals surface area contributed by atoms with Crippen molar-refractivity contribution < 1.29 is 9.21 Å². The van der Waals surface area contributed by atoms with E-state index < -0.39 is 0 Å². The Labute approximate surface area is 164 Å². The minimum absolute atomic E-state index is 0.198. The van der Waals surface area contributed by atoms with Crippen molar-refractivity contribution in [3.05, 3.63) is 71.6 Å². The number of rotatable bonds is 6. The summed E-state index contributed by atoms with van der Waals surface area (Å²) in [6.45, 7) is 0. The van der Waals surface area contributed by atoms with Gasteiger partial charge in [0.05, 0.1) is 6.04 Å². The molecule has 1 heterocycles. The third-order valence-electron chi connectivity index (χ3n) is 5.71. The Morgan fingerprint density at radius 1 is 1.00 bits per heavy atom. The minimum Gasteiger partial charge on any atom is -0.421 e. The van der Waals surface area contributed by atoms with Crippen molar-refractivity contribution in [3.8, 4) is 11.5 Å². The van der Waals surface area contributed by atoms with Gasteiger partial charge in [0.1, 0.15) is 0 Å². The minimum atomic E-state index is 0.198. The second kappa shape index (κ2) is 7.23. The zero-order valence-electron chi connectivity index (χ0n) is 15.8. The molecule has 1 saturated carbocycles. The van der Waals surface area contributed by atoms with Gasteiger partial charge in [-0.1, -0.05) is 42.5 Å². The number of carbonyl (C=O) groups excluding carboxylic acids is 1. The summed E-state index contributed by atoms with van der Waals surface area (Å²) in [7, 11) is 0. The van der Waals surface area contributed by atoms with Crippen molar-refractivity contribution in [2.24, 2.45) is 0 Å².